The molecule has 1 fully saturated rings. The van der Waals surface area contributed by atoms with Crippen molar-refractivity contribution in [1.29, 1.82) is 0 Å². The SMILES string of the molecule is CC.CC(C)C.CC1CCC1. The first-order valence-electron chi connectivity index (χ1n) is 5.13. The molecule has 11 heavy (non-hydrogen) atoms. The Bertz CT molecular complexity index is 48.3. The van der Waals surface area contributed by atoms with E-state index in [1.54, 1.807) is 0 Å². The molecule has 0 aromatic heterocycles. The predicted molar refractivity (Wildman–Crippen MR) is 54.9 cm³/mol. The minimum absolute atomic E-state index is 0.833. The lowest BCUT2D eigenvalue weighted by molar-refractivity contribution is 0.346. The first-order valence-corrected chi connectivity index (χ1v) is 5.13. The van der Waals surface area contributed by atoms with Gasteiger partial charge in [0, 0.05) is 0 Å². The molecule has 0 heterocycles. The van der Waals surface area contributed by atoms with Crippen LogP contribution in [0.25, 0.3) is 0 Å². The maximum Gasteiger partial charge on any atom is -0.0443 e. The smallest absolute Gasteiger partial charge is 0.0443 e. The molecule has 70 valence electrons. The van der Waals surface area contributed by atoms with Gasteiger partial charge in [0.2, 0.25) is 0 Å². The zero-order chi connectivity index (χ0) is 9.28. The largest absolute Gasteiger partial charge is 0.0683 e. The van der Waals surface area contributed by atoms with Crippen LogP contribution < -0.4 is 0 Å². The van der Waals surface area contributed by atoms with Crippen LogP contribution in [0.1, 0.15) is 60.8 Å². The Labute approximate surface area is 73.4 Å². The Morgan fingerprint density at radius 3 is 1.18 bits per heavy atom. The minimum atomic E-state index is 0.833. The summed E-state index contributed by atoms with van der Waals surface area (Å²) in [4.78, 5) is 0. The van der Waals surface area contributed by atoms with Crippen LogP contribution in [0.15, 0.2) is 0 Å². The van der Waals surface area contributed by atoms with Crippen LogP contribution in [-0.2, 0) is 0 Å². The first kappa shape index (κ1) is 13.6. The van der Waals surface area contributed by atoms with Gasteiger partial charge in [0.25, 0.3) is 0 Å². The molecule has 0 atom stereocenters. The number of rotatable bonds is 0. The lowest BCUT2D eigenvalue weighted by atomic mass is 9.88. The van der Waals surface area contributed by atoms with Crippen LogP contribution in [0.3, 0.4) is 0 Å². The van der Waals surface area contributed by atoms with Gasteiger partial charge in [-0.3, -0.25) is 0 Å². The van der Waals surface area contributed by atoms with Gasteiger partial charge < -0.3 is 0 Å². The highest BCUT2D eigenvalue weighted by Crippen LogP contribution is 2.24. The summed E-state index contributed by atoms with van der Waals surface area (Å²) in [5.41, 5.74) is 0. The van der Waals surface area contributed by atoms with Crippen LogP contribution in [0.5, 0.6) is 0 Å². The van der Waals surface area contributed by atoms with Crippen molar-refractivity contribution in [3.05, 3.63) is 0 Å². The average Bonchev–Trinajstić information content (AvgIpc) is 1.87. The van der Waals surface area contributed by atoms with E-state index in [-0.39, 0.29) is 0 Å². The summed E-state index contributed by atoms with van der Waals surface area (Å²) in [6.07, 6.45) is 4.46. The molecule has 0 amide bonds. The number of hydrogen-bond acceptors (Lipinski definition) is 0. The molecule has 0 N–H and O–H groups in total. The average molecular weight is 158 g/mol. The molecule has 1 saturated carbocycles. The van der Waals surface area contributed by atoms with E-state index in [2.05, 4.69) is 27.7 Å². The molecular formula is C11H26. The van der Waals surface area contributed by atoms with Crippen LogP contribution in [0.4, 0.5) is 0 Å². The Balaban J connectivity index is 0. The first-order chi connectivity index (χ1) is 5.13. The Kier molecular flexibility index (Phi) is 12.3. The topological polar surface area (TPSA) is 0 Å². The summed E-state index contributed by atoms with van der Waals surface area (Å²) in [7, 11) is 0. The Morgan fingerprint density at radius 1 is 1.00 bits per heavy atom. The van der Waals surface area contributed by atoms with Gasteiger partial charge in [-0.1, -0.05) is 60.8 Å². The van der Waals surface area contributed by atoms with Crippen molar-refractivity contribution in [3.63, 3.8) is 0 Å². The third-order valence-electron chi connectivity index (χ3n) is 1.39. The van der Waals surface area contributed by atoms with Crippen molar-refractivity contribution in [1.82, 2.24) is 0 Å². The van der Waals surface area contributed by atoms with Crippen molar-refractivity contribution in [2.75, 3.05) is 0 Å². The van der Waals surface area contributed by atoms with Crippen molar-refractivity contribution in [2.24, 2.45) is 11.8 Å². The summed E-state index contributed by atoms with van der Waals surface area (Å²) in [5.74, 6) is 1.90. The molecule has 0 spiro atoms. The molecule has 0 bridgehead atoms. The van der Waals surface area contributed by atoms with E-state index in [1.807, 2.05) is 13.8 Å². The lowest BCUT2D eigenvalue weighted by Gasteiger charge is -2.18. The zero-order valence-electron chi connectivity index (χ0n) is 9.28. The van der Waals surface area contributed by atoms with E-state index in [0.29, 0.717) is 0 Å². The molecule has 1 rings (SSSR count). The van der Waals surface area contributed by atoms with Crippen molar-refractivity contribution >= 4 is 0 Å². The van der Waals surface area contributed by atoms with Gasteiger partial charge in [-0.2, -0.15) is 0 Å². The van der Waals surface area contributed by atoms with Gasteiger partial charge in [-0.15, -0.1) is 0 Å². The quantitative estimate of drug-likeness (QED) is 0.487. The predicted octanol–water partition coefficient (Wildman–Crippen LogP) is 4.49. The van der Waals surface area contributed by atoms with E-state index in [1.165, 1.54) is 19.3 Å². The van der Waals surface area contributed by atoms with Crippen molar-refractivity contribution in [2.45, 2.75) is 60.8 Å². The second-order valence-electron chi connectivity index (χ2n) is 3.77. The molecule has 0 aromatic rings. The summed E-state index contributed by atoms with van der Waals surface area (Å²) >= 11 is 0. The van der Waals surface area contributed by atoms with Gasteiger partial charge in [0.15, 0.2) is 0 Å². The maximum atomic E-state index is 2.31. The van der Waals surface area contributed by atoms with Crippen LogP contribution in [0, 0.1) is 11.8 Å². The second kappa shape index (κ2) is 10.0. The third kappa shape index (κ3) is 17.8. The molecule has 0 saturated heterocycles. The fraction of sp³-hybridized carbons (Fsp3) is 1.00. The summed E-state index contributed by atoms with van der Waals surface area (Å²) in [6, 6.07) is 0. The third-order valence-corrected chi connectivity index (χ3v) is 1.39. The molecule has 0 aromatic carbocycles. The monoisotopic (exact) mass is 158 g/mol. The summed E-state index contributed by atoms with van der Waals surface area (Å²) in [5, 5.41) is 0. The van der Waals surface area contributed by atoms with Crippen molar-refractivity contribution < 1.29 is 0 Å². The minimum Gasteiger partial charge on any atom is -0.0683 e. The molecular weight excluding hydrogens is 132 g/mol. The fourth-order valence-electron chi connectivity index (χ4n) is 0.612. The van der Waals surface area contributed by atoms with Gasteiger partial charge in [0.1, 0.15) is 0 Å². The van der Waals surface area contributed by atoms with E-state index in [4.69, 9.17) is 0 Å². The van der Waals surface area contributed by atoms with E-state index in [0.717, 1.165) is 11.8 Å². The van der Waals surface area contributed by atoms with Crippen LogP contribution >= 0.6 is 0 Å². The molecule has 0 nitrogen and oxygen atoms in total. The number of hydrogen-bond donors (Lipinski definition) is 0. The molecule has 0 radical (unpaired) electrons. The highest BCUT2D eigenvalue weighted by atomic mass is 14.1. The van der Waals surface area contributed by atoms with Crippen LogP contribution in [-0.4, -0.2) is 0 Å². The van der Waals surface area contributed by atoms with Crippen LogP contribution in [0.2, 0.25) is 0 Å². The van der Waals surface area contributed by atoms with E-state index >= 15 is 0 Å². The van der Waals surface area contributed by atoms with Gasteiger partial charge >= 0.3 is 0 Å². The standard InChI is InChI=1S/C5H10.C4H10.C2H6/c1-5-3-2-4-5;1-4(2)3;1-2/h5H,2-4H2,1H3;4H,1-3H3;1-2H3. The van der Waals surface area contributed by atoms with Gasteiger partial charge in [0.05, 0.1) is 0 Å². The highest BCUT2D eigenvalue weighted by Gasteiger charge is 2.09. The Hall–Kier alpha value is 0. The molecule has 1 aliphatic rings. The fourth-order valence-corrected chi connectivity index (χ4v) is 0.612. The highest BCUT2D eigenvalue weighted by molar-refractivity contribution is 4.62. The Morgan fingerprint density at radius 2 is 1.18 bits per heavy atom. The molecule has 0 heteroatoms. The summed E-state index contributed by atoms with van der Waals surface area (Å²) < 4.78 is 0. The summed E-state index contributed by atoms with van der Waals surface area (Å²) in [6.45, 7) is 12.8. The molecule has 0 aliphatic heterocycles. The van der Waals surface area contributed by atoms with Crippen molar-refractivity contribution in [3.8, 4) is 0 Å². The molecule has 0 unspecified atom stereocenters. The van der Waals surface area contributed by atoms with E-state index < -0.39 is 0 Å². The maximum absolute atomic E-state index is 2.31. The lowest BCUT2D eigenvalue weighted by Crippen LogP contribution is -2.04. The normalized spacial score (nSPS) is 15.5. The van der Waals surface area contributed by atoms with Gasteiger partial charge in [-0.25, -0.2) is 0 Å². The van der Waals surface area contributed by atoms with Gasteiger partial charge in [-0.05, 0) is 11.8 Å². The zero-order valence-corrected chi connectivity index (χ0v) is 9.28. The van der Waals surface area contributed by atoms with E-state index in [9.17, 15) is 0 Å². The molecule has 1 aliphatic carbocycles. The second-order valence-corrected chi connectivity index (χ2v) is 3.77.